The summed E-state index contributed by atoms with van der Waals surface area (Å²) in [5.74, 6) is 1.16. The number of aromatic nitrogens is 1. The number of anilines is 2. The van der Waals surface area contributed by atoms with Crippen LogP contribution in [-0.2, 0) is 0 Å². The fraction of sp³-hybridized carbons (Fsp3) is 0.364. The van der Waals surface area contributed by atoms with Crippen molar-refractivity contribution in [2.45, 2.75) is 32.6 Å². The van der Waals surface area contributed by atoms with E-state index in [0.717, 1.165) is 25.8 Å². The van der Waals surface area contributed by atoms with E-state index in [0.29, 0.717) is 5.56 Å². The van der Waals surface area contributed by atoms with Crippen LogP contribution in [0.25, 0.3) is 0 Å². The number of likely N-dealkylation sites (N-methyl/N-ethyl adjacent to an activating group) is 1. The lowest BCUT2D eigenvalue weighted by atomic mass is 10.1. The van der Waals surface area contributed by atoms with E-state index in [1.54, 1.807) is 6.07 Å². The third-order valence-corrected chi connectivity index (χ3v) is 5.56. The molecule has 3 rings (SSSR count). The molecule has 30 heavy (non-hydrogen) atoms. The van der Waals surface area contributed by atoms with Crippen LogP contribution in [0.4, 0.5) is 20.2 Å². The third kappa shape index (κ3) is 5.43. The SMILES string of the molecule is CCN1CC(NC(=O)c2c(F)cncc2Nc2ccc(C#C[Si](C)(C)C)cc2F)C1. The first kappa shape index (κ1) is 21.9. The Morgan fingerprint density at radius 1 is 1.20 bits per heavy atom. The van der Waals surface area contributed by atoms with Gasteiger partial charge in [-0.2, -0.15) is 0 Å². The maximum absolute atomic E-state index is 14.6. The summed E-state index contributed by atoms with van der Waals surface area (Å²) < 4.78 is 29.0. The van der Waals surface area contributed by atoms with Gasteiger partial charge in [0.1, 0.15) is 19.5 Å². The van der Waals surface area contributed by atoms with Crippen molar-refractivity contribution in [2.24, 2.45) is 0 Å². The molecule has 2 heterocycles. The molecule has 1 aliphatic rings. The summed E-state index contributed by atoms with van der Waals surface area (Å²) in [5.41, 5.74) is 3.81. The van der Waals surface area contributed by atoms with Crippen molar-refractivity contribution in [3.8, 4) is 11.5 Å². The Labute approximate surface area is 176 Å². The Hall–Kier alpha value is -2.76. The molecule has 0 spiro atoms. The average molecular weight is 429 g/mol. The maximum atomic E-state index is 14.6. The second kappa shape index (κ2) is 8.94. The topological polar surface area (TPSA) is 57.3 Å². The van der Waals surface area contributed by atoms with Gasteiger partial charge in [0.2, 0.25) is 0 Å². The van der Waals surface area contributed by atoms with Crippen LogP contribution in [-0.4, -0.2) is 49.5 Å². The molecule has 0 bridgehead atoms. The Morgan fingerprint density at radius 3 is 2.57 bits per heavy atom. The molecule has 1 saturated heterocycles. The molecule has 0 aliphatic carbocycles. The van der Waals surface area contributed by atoms with E-state index in [2.05, 4.69) is 51.6 Å². The van der Waals surface area contributed by atoms with Crippen molar-refractivity contribution < 1.29 is 13.6 Å². The summed E-state index contributed by atoms with van der Waals surface area (Å²) in [6.07, 6.45) is 2.29. The standard InChI is InChI=1S/C22H26F2N4OSi/c1-5-28-13-16(14-28)26-22(29)21-18(24)11-25-12-20(21)27-19-7-6-15(10-17(19)23)8-9-30(2,3)4/h6-7,10-12,16,27H,5,13-14H2,1-4H3,(H,26,29). The van der Waals surface area contributed by atoms with Crippen molar-refractivity contribution in [2.75, 3.05) is 25.0 Å². The highest BCUT2D eigenvalue weighted by Gasteiger charge is 2.28. The fourth-order valence-corrected chi connectivity index (χ4v) is 3.56. The van der Waals surface area contributed by atoms with E-state index in [9.17, 15) is 13.6 Å². The summed E-state index contributed by atoms with van der Waals surface area (Å²) in [5, 5.41) is 5.63. The van der Waals surface area contributed by atoms with E-state index in [4.69, 9.17) is 0 Å². The van der Waals surface area contributed by atoms with E-state index in [1.807, 2.05) is 6.92 Å². The van der Waals surface area contributed by atoms with Gasteiger partial charge < -0.3 is 10.6 Å². The van der Waals surface area contributed by atoms with Crippen molar-refractivity contribution >= 4 is 25.4 Å². The van der Waals surface area contributed by atoms with Gasteiger partial charge in [0.05, 0.1) is 29.8 Å². The number of likely N-dealkylation sites (tertiary alicyclic amines) is 1. The minimum Gasteiger partial charge on any atom is -0.351 e. The average Bonchev–Trinajstić information content (AvgIpc) is 2.64. The predicted molar refractivity (Wildman–Crippen MR) is 117 cm³/mol. The van der Waals surface area contributed by atoms with Crippen LogP contribution in [0.1, 0.15) is 22.8 Å². The lowest BCUT2D eigenvalue weighted by molar-refractivity contribution is 0.0821. The van der Waals surface area contributed by atoms with E-state index in [-0.39, 0.29) is 23.0 Å². The van der Waals surface area contributed by atoms with Gasteiger partial charge in [0.25, 0.3) is 5.91 Å². The summed E-state index contributed by atoms with van der Waals surface area (Å²) in [6, 6.07) is 4.52. The molecule has 1 fully saturated rings. The zero-order valence-corrected chi connectivity index (χ0v) is 18.6. The number of nitrogens with one attached hydrogen (secondary N) is 2. The van der Waals surface area contributed by atoms with Gasteiger partial charge in [-0.1, -0.05) is 32.5 Å². The monoisotopic (exact) mass is 428 g/mol. The summed E-state index contributed by atoms with van der Waals surface area (Å²) in [4.78, 5) is 18.6. The van der Waals surface area contributed by atoms with Crippen molar-refractivity contribution in [3.05, 3.63) is 53.4 Å². The normalized spacial score (nSPS) is 14.5. The lowest BCUT2D eigenvalue weighted by Gasteiger charge is -2.38. The molecule has 8 heteroatoms. The molecule has 1 aromatic heterocycles. The Morgan fingerprint density at radius 2 is 1.93 bits per heavy atom. The van der Waals surface area contributed by atoms with Crippen molar-refractivity contribution in [1.29, 1.82) is 0 Å². The minimum atomic E-state index is -1.57. The second-order valence-corrected chi connectivity index (χ2v) is 13.1. The number of carbonyl (C=O) groups excluding carboxylic acids is 1. The number of hydrogen-bond acceptors (Lipinski definition) is 4. The Bertz CT molecular complexity index is 1000. The summed E-state index contributed by atoms with van der Waals surface area (Å²) in [6.45, 7) is 10.7. The van der Waals surface area contributed by atoms with Gasteiger partial charge in [0, 0.05) is 18.7 Å². The number of benzene rings is 1. The molecular weight excluding hydrogens is 402 g/mol. The van der Waals surface area contributed by atoms with Crippen LogP contribution in [0.5, 0.6) is 0 Å². The summed E-state index contributed by atoms with van der Waals surface area (Å²) >= 11 is 0. The van der Waals surface area contributed by atoms with Crippen LogP contribution >= 0.6 is 0 Å². The predicted octanol–water partition coefficient (Wildman–Crippen LogP) is 3.77. The van der Waals surface area contributed by atoms with Crippen LogP contribution in [0.3, 0.4) is 0 Å². The molecule has 0 unspecified atom stereocenters. The molecule has 0 saturated carbocycles. The number of carbonyl (C=O) groups is 1. The van der Waals surface area contributed by atoms with Gasteiger partial charge in [-0.05, 0) is 24.7 Å². The van der Waals surface area contributed by atoms with Gasteiger partial charge in [-0.15, -0.1) is 5.54 Å². The highest BCUT2D eigenvalue weighted by atomic mass is 28.3. The van der Waals surface area contributed by atoms with Crippen LogP contribution < -0.4 is 10.6 Å². The largest absolute Gasteiger partial charge is 0.351 e. The Kier molecular flexibility index (Phi) is 6.54. The van der Waals surface area contributed by atoms with E-state index >= 15 is 0 Å². The molecule has 2 aromatic rings. The molecule has 5 nitrogen and oxygen atoms in total. The van der Waals surface area contributed by atoms with E-state index < -0.39 is 25.6 Å². The zero-order valence-electron chi connectivity index (χ0n) is 17.6. The number of rotatable bonds is 5. The Balaban J connectivity index is 1.79. The van der Waals surface area contributed by atoms with Gasteiger partial charge in [-0.3, -0.25) is 14.7 Å². The number of hydrogen-bond donors (Lipinski definition) is 2. The number of nitrogens with zero attached hydrogens (tertiary/aromatic N) is 2. The molecule has 2 N–H and O–H groups in total. The van der Waals surface area contributed by atoms with E-state index in [1.165, 1.54) is 18.3 Å². The molecular formula is C22H26F2N4OSi. The summed E-state index contributed by atoms with van der Waals surface area (Å²) in [7, 11) is -1.57. The maximum Gasteiger partial charge on any atom is 0.256 e. The first-order valence-electron chi connectivity index (χ1n) is 9.92. The third-order valence-electron chi connectivity index (χ3n) is 4.69. The number of amides is 1. The first-order valence-corrected chi connectivity index (χ1v) is 13.4. The number of pyridine rings is 1. The second-order valence-electron chi connectivity index (χ2n) is 8.39. The smallest absolute Gasteiger partial charge is 0.256 e. The quantitative estimate of drug-likeness (QED) is 0.562. The van der Waals surface area contributed by atoms with Gasteiger partial charge in [0.15, 0.2) is 5.82 Å². The zero-order chi connectivity index (χ0) is 21.9. The molecule has 1 aliphatic heterocycles. The number of halogens is 2. The van der Waals surface area contributed by atoms with Crippen LogP contribution in [0.2, 0.25) is 19.6 Å². The van der Waals surface area contributed by atoms with Crippen LogP contribution in [0, 0.1) is 23.1 Å². The van der Waals surface area contributed by atoms with Crippen molar-refractivity contribution in [1.82, 2.24) is 15.2 Å². The van der Waals surface area contributed by atoms with Gasteiger partial charge >= 0.3 is 0 Å². The first-order chi connectivity index (χ1) is 14.2. The minimum absolute atomic E-state index is 0.0289. The highest BCUT2D eigenvalue weighted by Crippen LogP contribution is 2.25. The highest BCUT2D eigenvalue weighted by molar-refractivity contribution is 6.83. The van der Waals surface area contributed by atoms with Gasteiger partial charge in [-0.25, -0.2) is 8.78 Å². The molecule has 1 aromatic carbocycles. The molecule has 0 atom stereocenters. The fourth-order valence-electron chi connectivity index (χ4n) is 3.04. The molecule has 0 radical (unpaired) electrons. The van der Waals surface area contributed by atoms with Crippen LogP contribution in [0.15, 0.2) is 30.6 Å². The lowest BCUT2D eigenvalue weighted by Crippen LogP contribution is -2.59. The molecule has 158 valence electrons. The van der Waals surface area contributed by atoms with Crippen molar-refractivity contribution in [3.63, 3.8) is 0 Å². The molecule has 1 amide bonds.